The molecule has 0 fully saturated rings. The van der Waals surface area contributed by atoms with E-state index in [1.807, 2.05) is 42.5 Å². The van der Waals surface area contributed by atoms with Crippen LogP contribution in [0.15, 0.2) is 60.7 Å². The fourth-order valence-electron chi connectivity index (χ4n) is 2.43. The van der Waals surface area contributed by atoms with E-state index in [1.54, 1.807) is 6.07 Å². The van der Waals surface area contributed by atoms with Gasteiger partial charge in [-0.15, -0.1) is 0 Å². The summed E-state index contributed by atoms with van der Waals surface area (Å²) in [5.74, 6) is -0.807. The molecule has 5 nitrogen and oxygen atoms in total. The number of rotatable bonds is 5. The summed E-state index contributed by atoms with van der Waals surface area (Å²) in [5, 5.41) is 5.23. The highest BCUT2D eigenvalue weighted by atomic mass is 35.5. The number of benzene rings is 3. The average molecular weight is 355 g/mol. The molecule has 126 valence electrons. The van der Waals surface area contributed by atoms with Gasteiger partial charge in [0.2, 0.25) is 0 Å². The van der Waals surface area contributed by atoms with Crippen molar-refractivity contribution in [3.63, 3.8) is 0 Å². The van der Waals surface area contributed by atoms with E-state index < -0.39 is 5.91 Å². The lowest BCUT2D eigenvalue weighted by Crippen LogP contribution is -2.21. The normalized spacial score (nSPS) is 10.4. The minimum atomic E-state index is -0.674. The number of halogens is 1. The Bertz CT molecular complexity index is 956. The van der Waals surface area contributed by atoms with Gasteiger partial charge in [0, 0.05) is 10.7 Å². The van der Waals surface area contributed by atoms with E-state index >= 15 is 0 Å². The highest BCUT2D eigenvalue weighted by molar-refractivity contribution is 6.31. The maximum atomic E-state index is 12.1. The molecule has 0 aliphatic carbocycles. The van der Waals surface area contributed by atoms with Crippen LogP contribution < -0.4 is 15.8 Å². The second kappa shape index (κ2) is 7.23. The van der Waals surface area contributed by atoms with Crippen molar-refractivity contribution in [1.29, 1.82) is 0 Å². The number of carbonyl (C=O) groups is 2. The first-order valence-electron chi connectivity index (χ1n) is 7.54. The molecule has 0 aliphatic rings. The van der Waals surface area contributed by atoms with Gasteiger partial charge in [0.05, 0.1) is 5.56 Å². The van der Waals surface area contributed by atoms with Crippen molar-refractivity contribution in [1.82, 2.24) is 0 Å². The molecule has 6 heteroatoms. The topological polar surface area (TPSA) is 81.4 Å². The molecule has 25 heavy (non-hydrogen) atoms. The maximum absolute atomic E-state index is 12.1. The lowest BCUT2D eigenvalue weighted by Gasteiger charge is -2.11. The van der Waals surface area contributed by atoms with Crippen molar-refractivity contribution < 1.29 is 14.3 Å². The third kappa shape index (κ3) is 4.08. The van der Waals surface area contributed by atoms with E-state index in [2.05, 4.69) is 5.32 Å². The van der Waals surface area contributed by atoms with Gasteiger partial charge in [-0.05, 0) is 41.1 Å². The quantitative estimate of drug-likeness (QED) is 0.734. The lowest BCUT2D eigenvalue weighted by molar-refractivity contribution is -0.118. The number of hydrogen-bond acceptors (Lipinski definition) is 3. The molecule has 0 aliphatic heterocycles. The van der Waals surface area contributed by atoms with Gasteiger partial charge in [-0.2, -0.15) is 0 Å². The molecule has 3 N–H and O–H groups in total. The Labute approximate surface area is 149 Å². The third-order valence-electron chi connectivity index (χ3n) is 3.60. The standard InChI is InChI=1S/C19H15ClN2O3/c20-14-6-8-17(16(10-14)19(21)24)25-11-18(23)22-15-7-5-12-3-1-2-4-13(12)9-15/h1-10H,11H2,(H2,21,24)(H,22,23). The van der Waals surface area contributed by atoms with Crippen LogP contribution in [-0.4, -0.2) is 18.4 Å². The van der Waals surface area contributed by atoms with Crippen LogP contribution in [0.5, 0.6) is 5.75 Å². The van der Waals surface area contributed by atoms with E-state index in [-0.39, 0.29) is 23.8 Å². The van der Waals surface area contributed by atoms with Crippen LogP contribution in [0, 0.1) is 0 Å². The zero-order valence-electron chi connectivity index (χ0n) is 13.2. The second-order valence-corrected chi connectivity index (χ2v) is 5.84. The van der Waals surface area contributed by atoms with Gasteiger partial charge in [-0.1, -0.05) is 41.9 Å². The predicted octanol–water partition coefficient (Wildman–Crippen LogP) is 3.61. The molecule has 0 saturated heterocycles. The van der Waals surface area contributed by atoms with Crippen molar-refractivity contribution in [3.8, 4) is 5.75 Å². The predicted molar refractivity (Wildman–Crippen MR) is 98.0 cm³/mol. The maximum Gasteiger partial charge on any atom is 0.262 e. The fraction of sp³-hybridized carbons (Fsp3) is 0.0526. The number of hydrogen-bond donors (Lipinski definition) is 2. The number of ether oxygens (including phenoxy) is 1. The zero-order valence-corrected chi connectivity index (χ0v) is 13.9. The molecule has 2 amide bonds. The molecule has 0 saturated carbocycles. The summed E-state index contributed by atoms with van der Waals surface area (Å²) in [6, 6.07) is 17.9. The van der Waals surface area contributed by atoms with Crippen LogP contribution >= 0.6 is 11.6 Å². The van der Waals surface area contributed by atoms with Crippen LogP contribution in [0.4, 0.5) is 5.69 Å². The number of nitrogens with two attached hydrogens (primary N) is 1. The first kappa shape index (κ1) is 16.8. The smallest absolute Gasteiger partial charge is 0.262 e. The zero-order chi connectivity index (χ0) is 17.8. The summed E-state index contributed by atoms with van der Waals surface area (Å²) < 4.78 is 5.40. The van der Waals surface area contributed by atoms with Gasteiger partial charge in [0.15, 0.2) is 6.61 Å². The molecule has 3 aromatic carbocycles. The van der Waals surface area contributed by atoms with Crippen molar-refractivity contribution >= 4 is 39.9 Å². The number of carbonyl (C=O) groups excluding carboxylic acids is 2. The first-order valence-corrected chi connectivity index (χ1v) is 7.91. The van der Waals surface area contributed by atoms with Crippen molar-refractivity contribution in [2.75, 3.05) is 11.9 Å². The SMILES string of the molecule is NC(=O)c1cc(Cl)ccc1OCC(=O)Nc1ccc2ccccc2c1. The molecular formula is C19H15ClN2O3. The summed E-state index contributed by atoms with van der Waals surface area (Å²) in [6.07, 6.45) is 0. The van der Waals surface area contributed by atoms with Crippen molar-refractivity contribution in [2.24, 2.45) is 5.73 Å². The Balaban J connectivity index is 1.67. The molecule has 0 unspecified atom stereocenters. The number of anilines is 1. The van der Waals surface area contributed by atoms with E-state index in [0.717, 1.165) is 10.8 Å². The molecule has 3 rings (SSSR count). The molecule has 0 bridgehead atoms. The van der Waals surface area contributed by atoms with Crippen LogP contribution in [-0.2, 0) is 4.79 Å². The fourth-order valence-corrected chi connectivity index (χ4v) is 2.60. The molecule has 3 aromatic rings. The summed E-state index contributed by atoms with van der Waals surface area (Å²) in [5.41, 5.74) is 6.08. The highest BCUT2D eigenvalue weighted by Crippen LogP contribution is 2.23. The number of fused-ring (bicyclic) bond motifs is 1. The Morgan fingerprint density at radius 3 is 2.52 bits per heavy atom. The summed E-state index contributed by atoms with van der Waals surface area (Å²) in [7, 11) is 0. The highest BCUT2D eigenvalue weighted by Gasteiger charge is 2.12. The Kier molecular flexibility index (Phi) is 4.86. The van der Waals surface area contributed by atoms with Gasteiger partial charge in [0.25, 0.3) is 11.8 Å². The minimum absolute atomic E-state index is 0.131. The second-order valence-electron chi connectivity index (χ2n) is 5.40. The summed E-state index contributed by atoms with van der Waals surface area (Å²) in [6.45, 7) is -0.255. The summed E-state index contributed by atoms with van der Waals surface area (Å²) in [4.78, 5) is 23.5. The first-order chi connectivity index (χ1) is 12.0. The van der Waals surface area contributed by atoms with Crippen LogP contribution in [0.2, 0.25) is 5.02 Å². The van der Waals surface area contributed by atoms with Gasteiger partial charge < -0.3 is 15.8 Å². The van der Waals surface area contributed by atoms with Gasteiger partial charge in [-0.3, -0.25) is 9.59 Å². The van der Waals surface area contributed by atoms with Gasteiger partial charge >= 0.3 is 0 Å². The Morgan fingerprint density at radius 2 is 1.76 bits per heavy atom. The number of primary amides is 1. The van der Waals surface area contributed by atoms with E-state index in [0.29, 0.717) is 10.7 Å². The third-order valence-corrected chi connectivity index (χ3v) is 3.83. The molecule has 0 radical (unpaired) electrons. The van der Waals surface area contributed by atoms with E-state index in [4.69, 9.17) is 22.1 Å². The molecule has 0 atom stereocenters. The molecular weight excluding hydrogens is 340 g/mol. The van der Waals surface area contributed by atoms with E-state index in [1.165, 1.54) is 12.1 Å². The monoisotopic (exact) mass is 354 g/mol. The number of nitrogens with one attached hydrogen (secondary N) is 1. The average Bonchev–Trinajstić information content (AvgIpc) is 2.60. The Hall–Kier alpha value is -3.05. The lowest BCUT2D eigenvalue weighted by atomic mass is 10.1. The van der Waals surface area contributed by atoms with Gasteiger partial charge in [-0.25, -0.2) is 0 Å². The van der Waals surface area contributed by atoms with Crippen LogP contribution in [0.3, 0.4) is 0 Å². The van der Waals surface area contributed by atoms with E-state index in [9.17, 15) is 9.59 Å². The number of amides is 2. The van der Waals surface area contributed by atoms with Crippen molar-refractivity contribution in [2.45, 2.75) is 0 Å². The molecule has 0 spiro atoms. The Morgan fingerprint density at radius 1 is 1.00 bits per heavy atom. The van der Waals surface area contributed by atoms with Crippen molar-refractivity contribution in [3.05, 3.63) is 71.2 Å². The van der Waals surface area contributed by atoms with Gasteiger partial charge in [0.1, 0.15) is 5.75 Å². The molecule has 0 heterocycles. The van der Waals surface area contributed by atoms with Crippen LogP contribution in [0.1, 0.15) is 10.4 Å². The minimum Gasteiger partial charge on any atom is -0.483 e. The molecule has 0 aromatic heterocycles. The largest absolute Gasteiger partial charge is 0.483 e. The van der Waals surface area contributed by atoms with Crippen LogP contribution in [0.25, 0.3) is 10.8 Å². The summed E-state index contributed by atoms with van der Waals surface area (Å²) >= 11 is 5.84.